The molecule has 0 spiro atoms. The molecule has 0 bridgehead atoms. The van der Waals surface area contributed by atoms with Gasteiger partial charge < -0.3 is 10.1 Å². The van der Waals surface area contributed by atoms with Gasteiger partial charge in [0.05, 0.1) is 7.11 Å². The molecule has 0 aliphatic carbocycles. The van der Waals surface area contributed by atoms with Crippen LogP contribution in [0.4, 0.5) is 0 Å². The van der Waals surface area contributed by atoms with Crippen LogP contribution in [0.25, 0.3) is 0 Å². The molecule has 118 valence electrons. The number of benzene rings is 1. The average molecular weight is 290 g/mol. The van der Waals surface area contributed by atoms with Gasteiger partial charge in [-0.3, -0.25) is 4.90 Å². The van der Waals surface area contributed by atoms with Crippen molar-refractivity contribution in [2.75, 3.05) is 26.7 Å². The van der Waals surface area contributed by atoms with Crippen molar-refractivity contribution >= 4 is 0 Å². The topological polar surface area (TPSA) is 24.5 Å². The number of nitrogens with one attached hydrogen (secondary N) is 1. The van der Waals surface area contributed by atoms with Crippen LogP contribution in [0.3, 0.4) is 0 Å². The summed E-state index contributed by atoms with van der Waals surface area (Å²) in [4.78, 5) is 2.71. The molecule has 1 N–H and O–H groups in total. The zero-order chi connectivity index (χ0) is 15.1. The van der Waals surface area contributed by atoms with Crippen LogP contribution in [0, 0.1) is 0 Å². The third kappa shape index (κ3) is 4.72. The van der Waals surface area contributed by atoms with E-state index in [1.165, 1.54) is 37.9 Å². The first-order valence-electron chi connectivity index (χ1n) is 8.34. The molecular formula is C18H30N2O. The predicted molar refractivity (Wildman–Crippen MR) is 89.0 cm³/mol. The third-order valence-corrected chi connectivity index (χ3v) is 4.56. The van der Waals surface area contributed by atoms with Gasteiger partial charge in [-0.05, 0) is 63.4 Å². The Hall–Kier alpha value is -1.06. The first-order valence-corrected chi connectivity index (χ1v) is 8.34. The summed E-state index contributed by atoms with van der Waals surface area (Å²) in [5.41, 5.74) is 1.41. The second-order valence-electron chi connectivity index (χ2n) is 6.12. The molecule has 0 saturated carbocycles. The Labute approximate surface area is 129 Å². The minimum Gasteiger partial charge on any atom is -0.497 e. The maximum Gasteiger partial charge on any atom is 0.118 e. The van der Waals surface area contributed by atoms with Gasteiger partial charge in [-0.25, -0.2) is 0 Å². The van der Waals surface area contributed by atoms with Crippen LogP contribution in [-0.4, -0.2) is 43.7 Å². The maximum atomic E-state index is 5.22. The second kappa shape index (κ2) is 8.40. The first-order chi connectivity index (χ1) is 10.2. The Balaban J connectivity index is 1.86. The van der Waals surface area contributed by atoms with Crippen LogP contribution in [0.15, 0.2) is 24.3 Å². The molecular weight excluding hydrogens is 260 g/mol. The molecule has 3 heteroatoms. The number of hydrogen-bond donors (Lipinski definition) is 1. The van der Waals surface area contributed by atoms with E-state index < -0.39 is 0 Å². The van der Waals surface area contributed by atoms with Gasteiger partial charge in [0.2, 0.25) is 0 Å². The molecule has 2 rings (SSSR count). The second-order valence-corrected chi connectivity index (χ2v) is 6.12. The standard InChI is InChI=1S/C18H30N2O/c1-4-13-20(17-11-12-19-14-17)15(2)5-6-16-7-9-18(21-3)10-8-16/h7-10,15,17,19H,4-6,11-14H2,1-3H3. The molecule has 2 unspecified atom stereocenters. The van der Waals surface area contributed by atoms with Crippen LogP contribution in [0.5, 0.6) is 5.75 Å². The fourth-order valence-electron chi connectivity index (χ4n) is 3.28. The molecule has 1 saturated heterocycles. The molecule has 21 heavy (non-hydrogen) atoms. The SMILES string of the molecule is CCCN(C(C)CCc1ccc(OC)cc1)C1CCNC1. The van der Waals surface area contributed by atoms with E-state index >= 15 is 0 Å². The Morgan fingerprint density at radius 1 is 1.33 bits per heavy atom. The van der Waals surface area contributed by atoms with Crippen LogP contribution < -0.4 is 10.1 Å². The van der Waals surface area contributed by atoms with E-state index in [1.807, 2.05) is 0 Å². The lowest BCUT2D eigenvalue weighted by molar-refractivity contribution is 0.146. The zero-order valence-corrected chi connectivity index (χ0v) is 13.8. The van der Waals surface area contributed by atoms with Crippen LogP contribution in [0.1, 0.15) is 38.7 Å². The molecule has 3 nitrogen and oxygen atoms in total. The van der Waals surface area contributed by atoms with E-state index in [9.17, 15) is 0 Å². The summed E-state index contributed by atoms with van der Waals surface area (Å²) in [7, 11) is 1.72. The number of methoxy groups -OCH3 is 1. The van der Waals surface area contributed by atoms with E-state index in [0.29, 0.717) is 6.04 Å². The summed E-state index contributed by atoms with van der Waals surface area (Å²) in [6.45, 7) is 8.22. The van der Waals surface area contributed by atoms with Crippen LogP contribution >= 0.6 is 0 Å². The van der Waals surface area contributed by atoms with Crippen LogP contribution in [-0.2, 0) is 6.42 Å². The monoisotopic (exact) mass is 290 g/mol. The Bertz CT molecular complexity index is 398. The van der Waals surface area contributed by atoms with Crippen molar-refractivity contribution in [1.29, 1.82) is 0 Å². The lowest BCUT2D eigenvalue weighted by atomic mass is 10.0. The van der Waals surface area contributed by atoms with E-state index in [0.717, 1.165) is 24.8 Å². The van der Waals surface area contributed by atoms with Gasteiger partial charge in [-0.15, -0.1) is 0 Å². The number of hydrogen-bond acceptors (Lipinski definition) is 3. The fourth-order valence-corrected chi connectivity index (χ4v) is 3.28. The van der Waals surface area contributed by atoms with Crippen molar-refractivity contribution in [3.05, 3.63) is 29.8 Å². The van der Waals surface area contributed by atoms with Gasteiger partial charge in [0.15, 0.2) is 0 Å². The smallest absolute Gasteiger partial charge is 0.118 e. The first kappa shape index (κ1) is 16.3. The summed E-state index contributed by atoms with van der Waals surface area (Å²) < 4.78 is 5.22. The molecule has 1 heterocycles. The minimum atomic E-state index is 0.650. The van der Waals surface area contributed by atoms with E-state index in [-0.39, 0.29) is 0 Å². The molecule has 0 amide bonds. The lowest BCUT2D eigenvalue weighted by Crippen LogP contribution is -2.43. The molecule has 1 aromatic rings. The summed E-state index contributed by atoms with van der Waals surface area (Å²) in [6.07, 6.45) is 4.91. The Morgan fingerprint density at radius 3 is 2.67 bits per heavy atom. The van der Waals surface area contributed by atoms with Crippen molar-refractivity contribution < 1.29 is 4.74 Å². The minimum absolute atomic E-state index is 0.650. The third-order valence-electron chi connectivity index (χ3n) is 4.56. The largest absolute Gasteiger partial charge is 0.497 e. The number of ether oxygens (including phenoxy) is 1. The van der Waals surface area contributed by atoms with Gasteiger partial charge in [0.1, 0.15) is 5.75 Å². The van der Waals surface area contributed by atoms with Crippen molar-refractivity contribution in [1.82, 2.24) is 10.2 Å². The average Bonchev–Trinajstić information content (AvgIpc) is 3.04. The molecule has 0 radical (unpaired) electrons. The molecule has 1 aliphatic heterocycles. The summed E-state index contributed by atoms with van der Waals surface area (Å²) in [5.74, 6) is 0.941. The number of aryl methyl sites for hydroxylation is 1. The van der Waals surface area contributed by atoms with Crippen molar-refractivity contribution in [3.63, 3.8) is 0 Å². The zero-order valence-electron chi connectivity index (χ0n) is 13.8. The fraction of sp³-hybridized carbons (Fsp3) is 0.667. The van der Waals surface area contributed by atoms with Gasteiger partial charge in [0.25, 0.3) is 0 Å². The van der Waals surface area contributed by atoms with Gasteiger partial charge >= 0.3 is 0 Å². The Kier molecular flexibility index (Phi) is 6.52. The van der Waals surface area contributed by atoms with E-state index in [2.05, 4.69) is 48.3 Å². The predicted octanol–water partition coefficient (Wildman–Crippen LogP) is 3.09. The quantitative estimate of drug-likeness (QED) is 0.796. The van der Waals surface area contributed by atoms with E-state index in [4.69, 9.17) is 4.74 Å². The summed E-state index contributed by atoms with van der Waals surface area (Å²) >= 11 is 0. The van der Waals surface area contributed by atoms with Gasteiger partial charge in [-0.2, -0.15) is 0 Å². The Morgan fingerprint density at radius 2 is 2.10 bits per heavy atom. The highest BCUT2D eigenvalue weighted by Crippen LogP contribution is 2.18. The number of nitrogens with zero attached hydrogens (tertiary/aromatic N) is 1. The molecule has 1 aromatic carbocycles. The highest BCUT2D eigenvalue weighted by Gasteiger charge is 2.25. The highest BCUT2D eigenvalue weighted by atomic mass is 16.5. The van der Waals surface area contributed by atoms with Crippen molar-refractivity contribution in [2.45, 2.75) is 51.6 Å². The highest BCUT2D eigenvalue weighted by molar-refractivity contribution is 5.27. The number of rotatable bonds is 8. The van der Waals surface area contributed by atoms with Crippen molar-refractivity contribution in [3.8, 4) is 5.75 Å². The molecule has 1 fully saturated rings. The summed E-state index contributed by atoms with van der Waals surface area (Å²) in [6, 6.07) is 9.88. The molecule has 0 aromatic heterocycles. The van der Waals surface area contributed by atoms with Crippen molar-refractivity contribution in [2.24, 2.45) is 0 Å². The lowest BCUT2D eigenvalue weighted by Gasteiger charge is -2.34. The normalized spacial score (nSPS) is 19.9. The van der Waals surface area contributed by atoms with E-state index in [1.54, 1.807) is 7.11 Å². The summed E-state index contributed by atoms with van der Waals surface area (Å²) in [5, 5.41) is 3.50. The maximum absolute atomic E-state index is 5.22. The molecule has 1 aliphatic rings. The van der Waals surface area contributed by atoms with Gasteiger partial charge in [-0.1, -0.05) is 19.1 Å². The van der Waals surface area contributed by atoms with Gasteiger partial charge in [0, 0.05) is 18.6 Å². The molecule has 2 atom stereocenters. The van der Waals surface area contributed by atoms with Crippen LogP contribution in [0.2, 0.25) is 0 Å².